The number of nitrogens with zero attached hydrogens (tertiary/aromatic N) is 1. The van der Waals surface area contributed by atoms with Crippen molar-refractivity contribution in [1.82, 2.24) is 0 Å². The van der Waals surface area contributed by atoms with Crippen LogP contribution in [0.3, 0.4) is 0 Å². The highest BCUT2D eigenvalue weighted by atomic mass is 32.1. The molecule has 0 spiro atoms. The van der Waals surface area contributed by atoms with Gasteiger partial charge in [0, 0.05) is 4.90 Å². The number of methoxy groups -OCH3 is 1. The lowest BCUT2D eigenvalue weighted by molar-refractivity contribution is 0.412. The van der Waals surface area contributed by atoms with Gasteiger partial charge in [-0.2, -0.15) is 5.26 Å². The summed E-state index contributed by atoms with van der Waals surface area (Å²) in [4.78, 5) is 0.792. The molecule has 11 heavy (non-hydrogen) atoms. The molecule has 56 valence electrons. The zero-order valence-electron chi connectivity index (χ0n) is 6.03. The molecule has 0 amide bonds. The van der Waals surface area contributed by atoms with E-state index in [-0.39, 0.29) is 0 Å². The van der Waals surface area contributed by atoms with Crippen molar-refractivity contribution in [2.75, 3.05) is 7.11 Å². The van der Waals surface area contributed by atoms with Crippen LogP contribution in [0.5, 0.6) is 5.75 Å². The number of thiol groups is 1. The first-order valence-corrected chi connectivity index (χ1v) is 3.49. The summed E-state index contributed by atoms with van der Waals surface area (Å²) in [6.07, 6.45) is 0. The lowest BCUT2D eigenvalue weighted by Crippen LogP contribution is -1.86. The van der Waals surface area contributed by atoms with Crippen molar-refractivity contribution in [3.8, 4) is 11.8 Å². The Labute approximate surface area is 70.8 Å². The Balaban J connectivity index is 3.19. The zero-order valence-corrected chi connectivity index (χ0v) is 6.93. The molecular weight excluding hydrogens is 158 g/mol. The molecule has 1 aromatic rings. The third kappa shape index (κ3) is 1.66. The zero-order chi connectivity index (χ0) is 8.27. The van der Waals surface area contributed by atoms with E-state index >= 15 is 0 Å². The second-order valence-corrected chi connectivity index (χ2v) is 2.51. The van der Waals surface area contributed by atoms with Crippen LogP contribution in [0.1, 0.15) is 5.56 Å². The van der Waals surface area contributed by atoms with Crippen LogP contribution in [-0.2, 0) is 0 Å². The highest BCUT2D eigenvalue weighted by molar-refractivity contribution is 7.80. The molecule has 0 saturated heterocycles. The molecule has 0 unspecified atom stereocenters. The maximum atomic E-state index is 8.59. The molecule has 0 heterocycles. The van der Waals surface area contributed by atoms with Crippen LogP contribution >= 0.6 is 12.6 Å². The standard InChI is InChI=1S/C8H7NOS/c1-10-8-4-7(11)3-2-6(8)5-9/h2-4,11H,1H3. The summed E-state index contributed by atoms with van der Waals surface area (Å²) in [6, 6.07) is 7.16. The van der Waals surface area contributed by atoms with Gasteiger partial charge in [-0.3, -0.25) is 0 Å². The van der Waals surface area contributed by atoms with Crippen molar-refractivity contribution in [1.29, 1.82) is 5.26 Å². The van der Waals surface area contributed by atoms with E-state index in [1.165, 1.54) is 7.11 Å². The molecular formula is C8H7NOS. The fourth-order valence-corrected chi connectivity index (χ4v) is 0.964. The highest BCUT2D eigenvalue weighted by Crippen LogP contribution is 2.20. The second kappa shape index (κ2) is 3.31. The van der Waals surface area contributed by atoms with Crippen LogP contribution in [0.2, 0.25) is 0 Å². The SMILES string of the molecule is COc1cc(S)ccc1C#N. The summed E-state index contributed by atoms with van der Waals surface area (Å²) in [5, 5.41) is 8.59. The third-order valence-corrected chi connectivity index (χ3v) is 1.58. The normalized spacial score (nSPS) is 8.82. The maximum Gasteiger partial charge on any atom is 0.137 e. The van der Waals surface area contributed by atoms with Crippen molar-refractivity contribution in [2.45, 2.75) is 4.90 Å². The molecule has 3 heteroatoms. The minimum absolute atomic E-state index is 0.533. The number of benzene rings is 1. The third-order valence-electron chi connectivity index (χ3n) is 1.31. The molecule has 0 atom stereocenters. The maximum absolute atomic E-state index is 8.59. The van der Waals surface area contributed by atoms with Crippen LogP contribution in [0.4, 0.5) is 0 Å². The number of rotatable bonds is 1. The summed E-state index contributed by atoms with van der Waals surface area (Å²) in [5.41, 5.74) is 0.533. The van der Waals surface area contributed by atoms with E-state index in [2.05, 4.69) is 12.6 Å². The number of nitriles is 1. The predicted molar refractivity (Wildman–Crippen MR) is 45.0 cm³/mol. The van der Waals surface area contributed by atoms with Crippen LogP contribution in [0.15, 0.2) is 23.1 Å². The van der Waals surface area contributed by atoms with Gasteiger partial charge in [0.25, 0.3) is 0 Å². The molecule has 0 aliphatic carbocycles. The second-order valence-electron chi connectivity index (χ2n) is 2.00. The lowest BCUT2D eigenvalue weighted by atomic mass is 10.2. The monoisotopic (exact) mass is 165 g/mol. The molecule has 0 aliphatic rings. The fourth-order valence-electron chi connectivity index (χ4n) is 0.772. The van der Waals surface area contributed by atoms with Gasteiger partial charge in [0.05, 0.1) is 12.7 Å². The number of hydrogen-bond donors (Lipinski definition) is 1. The van der Waals surface area contributed by atoms with Gasteiger partial charge >= 0.3 is 0 Å². The Hall–Kier alpha value is -1.14. The Morgan fingerprint density at radius 3 is 2.82 bits per heavy atom. The summed E-state index contributed by atoms with van der Waals surface area (Å²) in [5.74, 6) is 0.569. The van der Waals surface area contributed by atoms with E-state index in [1.807, 2.05) is 6.07 Å². The average Bonchev–Trinajstić information content (AvgIpc) is 2.04. The van der Waals surface area contributed by atoms with Crippen LogP contribution in [0, 0.1) is 11.3 Å². The van der Waals surface area contributed by atoms with E-state index in [0.717, 1.165) is 4.90 Å². The van der Waals surface area contributed by atoms with Gasteiger partial charge in [-0.1, -0.05) is 0 Å². The van der Waals surface area contributed by atoms with Gasteiger partial charge < -0.3 is 4.74 Å². The first-order chi connectivity index (χ1) is 5.27. The molecule has 0 bridgehead atoms. The van der Waals surface area contributed by atoms with Gasteiger partial charge in [0.1, 0.15) is 11.8 Å². The van der Waals surface area contributed by atoms with E-state index in [9.17, 15) is 0 Å². The number of hydrogen-bond acceptors (Lipinski definition) is 3. The summed E-state index contributed by atoms with van der Waals surface area (Å²) < 4.78 is 4.95. The summed E-state index contributed by atoms with van der Waals surface area (Å²) in [7, 11) is 1.53. The van der Waals surface area contributed by atoms with Crippen molar-refractivity contribution in [3.05, 3.63) is 23.8 Å². The Morgan fingerprint density at radius 2 is 2.27 bits per heavy atom. The van der Waals surface area contributed by atoms with Gasteiger partial charge in [0.2, 0.25) is 0 Å². The van der Waals surface area contributed by atoms with Gasteiger partial charge in [-0.15, -0.1) is 12.6 Å². The van der Waals surface area contributed by atoms with E-state index in [4.69, 9.17) is 10.00 Å². The predicted octanol–water partition coefficient (Wildman–Crippen LogP) is 1.86. The Morgan fingerprint density at radius 1 is 1.55 bits per heavy atom. The van der Waals surface area contributed by atoms with Crippen molar-refractivity contribution in [3.63, 3.8) is 0 Å². The van der Waals surface area contributed by atoms with E-state index in [0.29, 0.717) is 11.3 Å². The van der Waals surface area contributed by atoms with Crippen molar-refractivity contribution >= 4 is 12.6 Å². The summed E-state index contributed by atoms with van der Waals surface area (Å²) in [6.45, 7) is 0. The van der Waals surface area contributed by atoms with Crippen LogP contribution in [0.25, 0.3) is 0 Å². The number of ether oxygens (including phenoxy) is 1. The smallest absolute Gasteiger partial charge is 0.137 e. The summed E-state index contributed by atoms with van der Waals surface area (Å²) >= 11 is 4.10. The highest BCUT2D eigenvalue weighted by Gasteiger charge is 2.00. The molecule has 0 saturated carbocycles. The Bertz CT molecular complexity index is 303. The first kappa shape index (κ1) is 7.96. The molecule has 0 N–H and O–H groups in total. The van der Waals surface area contributed by atoms with E-state index in [1.54, 1.807) is 18.2 Å². The molecule has 0 fully saturated rings. The largest absolute Gasteiger partial charge is 0.495 e. The fraction of sp³-hybridized carbons (Fsp3) is 0.125. The van der Waals surface area contributed by atoms with E-state index < -0.39 is 0 Å². The van der Waals surface area contributed by atoms with Crippen molar-refractivity contribution in [2.24, 2.45) is 0 Å². The topological polar surface area (TPSA) is 33.0 Å². The van der Waals surface area contributed by atoms with Gasteiger partial charge in [-0.05, 0) is 18.2 Å². The molecule has 0 aromatic heterocycles. The van der Waals surface area contributed by atoms with Gasteiger partial charge in [-0.25, -0.2) is 0 Å². The first-order valence-electron chi connectivity index (χ1n) is 3.05. The van der Waals surface area contributed by atoms with Crippen LogP contribution in [-0.4, -0.2) is 7.11 Å². The molecule has 0 aliphatic heterocycles. The minimum Gasteiger partial charge on any atom is -0.495 e. The van der Waals surface area contributed by atoms with Gasteiger partial charge in [0.15, 0.2) is 0 Å². The molecule has 0 radical (unpaired) electrons. The molecule has 1 rings (SSSR count). The quantitative estimate of drug-likeness (QED) is 0.644. The molecule has 2 nitrogen and oxygen atoms in total. The van der Waals surface area contributed by atoms with Crippen molar-refractivity contribution < 1.29 is 4.74 Å². The average molecular weight is 165 g/mol. The van der Waals surface area contributed by atoms with Crippen LogP contribution < -0.4 is 4.74 Å². The Kier molecular flexibility index (Phi) is 2.40. The lowest BCUT2D eigenvalue weighted by Gasteiger charge is -2.01. The molecule has 1 aromatic carbocycles. The minimum atomic E-state index is 0.533.